The van der Waals surface area contributed by atoms with Crippen LogP contribution in [0.3, 0.4) is 0 Å². The van der Waals surface area contributed by atoms with Gasteiger partial charge in [0.25, 0.3) is 0 Å². The number of nitrogens with one attached hydrogen (secondary N) is 2. The number of aromatic nitrogens is 2. The van der Waals surface area contributed by atoms with Gasteiger partial charge in [0.1, 0.15) is 6.04 Å². The molecule has 0 aromatic carbocycles. The van der Waals surface area contributed by atoms with E-state index in [-0.39, 0.29) is 5.92 Å². The third kappa shape index (κ3) is 3.49. The lowest BCUT2D eigenvalue weighted by atomic mass is 10.2. The second-order valence-electron chi connectivity index (χ2n) is 5.11. The van der Waals surface area contributed by atoms with E-state index in [4.69, 9.17) is 5.11 Å². The van der Waals surface area contributed by atoms with Crippen molar-refractivity contribution in [2.75, 3.05) is 0 Å². The number of amides is 2. The number of carboxylic acids is 1. The molecule has 0 spiro atoms. The van der Waals surface area contributed by atoms with Gasteiger partial charge in [0.2, 0.25) is 0 Å². The molecule has 1 unspecified atom stereocenters. The molecule has 1 aromatic heterocycles. The molecule has 2 amide bonds. The first kappa shape index (κ1) is 14.4. The van der Waals surface area contributed by atoms with Gasteiger partial charge in [-0.3, -0.25) is 4.68 Å². The standard InChI is InChI=1S/C13H20N4O3/c1-3-10-9(7-17(2)16-10)6-14-13(20)15-11(12(18)19)8-4-5-8/h7-8,11H,3-6H2,1-2H3,(H,18,19)(H2,14,15,20). The summed E-state index contributed by atoms with van der Waals surface area (Å²) in [4.78, 5) is 22.8. The number of hydrogen-bond acceptors (Lipinski definition) is 3. The first-order valence-corrected chi connectivity index (χ1v) is 6.79. The molecule has 0 aliphatic heterocycles. The van der Waals surface area contributed by atoms with Gasteiger partial charge in [-0.15, -0.1) is 0 Å². The monoisotopic (exact) mass is 280 g/mol. The molecular formula is C13H20N4O3. The molecule has 1 aromatic rings. The molecule has 7 heteroatoms. The van der Waals surface area contributed by atoms with Crippen LogP contribution >= 0.6 is 0 Å². The van der Waals surface area contributed by atoms with Crippen molar-refractivity contribution in [1.82, 2.24) is 20.4 Å². The molecule has 110 valence electrons. The van der Waals surface area contributed by atoms with Gasteiger partial charge in [-0.2, -0.15) is 5.10 Å². The van der Waals surface area contributed by atoms with Crippen molar-refractivity contribution >= 4 is 12.0 Å². The van der Waals surface area contributed by atoms with E-state index in [0.29, 0.717) is 6.54 Å². The number of carbonyl (C=O) groups is 2. The summed E-state index contributed by atoms with van der Waals surface area (Å²) in [5.41, 5.74) is 1.88. The highest BCUT2D eigenvalue weighted by Crippen LogP contribution is 2.32. The molecule has 1 atom stereocenters. The van der Waals surface area contributed by atoms with Crippen LogP contribution in [0.5, 0.6) is 0 Å². The lowest BCUT2D eigenvalue weighted by molar-refractivity contribution is -0.139. The number of carboxylic acid groups (broad SMARTS) is 1. The van der Waals surface area contributed by atoms with Gasteiger partial charge >= 0.3 is 12.0 Å². The first-order valence-electron chi connectivity index (χ1n) is 6.79. The molecule has 0 saturated heterocycles. The lowest BCUT2D eigenvalue weighted by Crippen LogP contribution is -2.47. The Morgan fingerprint density at radius 3 is 2.80 bits per heavy atom. The molecule has 7 nitrogen and oxygen atoms in total. The summed E-state index contributed by atoms with van der Waals surface area (Å²) >= 11 is 0. The summed E-state index contributed by atoms with van der Waals surface area (Å²) < 4.78 is 1.71. The maximum absolute atomic E-state index is 11.8. The Morgan fingerprint density at radius 1 is 1.55 bits per heavy atom. The van der Waals surface area contributed by atoms with E-state index in [9.17, 15) is 9.59 Å². The van der Waals surface area contributed by atoms with Crippen molar-refractivity contribution in [3.8, 4) is 0 Å². The second-order valence-corrected chi connectivity index (χ2v) is 5.11. The number of hydrogen-bond donors (Lipinski definition) is 3. The fraction of sp³-hybridized carbons (Fsp3) is 0.615. The van der Waals surface area contributed by atoms with Gasteiger partial charge in [0, 0.05) is 25.4 Å². The highest BCUT2D eigenvalue weighted by atomic mass is 16.4. The van der Waals surface area contributed by atoms with Crippen molar-refractivity contribution in [2.45, 2.75) is 38.8 Å². The fourth-order valence-electron chi connectivity index (χ4n) is 2.21. The van der Waals surface area contributed by atoms with Crippen molar-refractivity contribution < 1.29 is 14.7 Å². The Labute approximate surface area is 117 Å². The Kier molecular flexibility index (Phi) is 4.26. The summed E-state index contributed by atoms with van der Waals surface area (Å²) in [5.74, 6) is -0.902. The van der Waals surface area contributed by atoms with Crippen molar-refractivity contribution in [1.29, 1.82) is 0 Å². The van der Waals surface area contributed by atoms with Gasteiger partial charge < -0.3 is 15.7 Å². The largest absolute Gasteiger partial charge is 0.480 e. The van der Waals surface area contributed by atoms with Crippen LogP contribution in [-0.4, -0.2) is 32.9 Å². The zero-order valence-electron chi connectivity index (χ0n) is 11.7. The topological polar surface area (TPSA) is 96.3 Å². The third-order valence-corrected chi connectivity index (χ3v) is 3.41. The maximum atomic E-state index is 11.8. The Hall–Kier alpha value is -2.05. The average molecular weight is 280 g/mol. The van der Waals surface area contributed by atoms with Crippen molar-refractivity contribution in [3.05, 3.63) is 17.5 Å². The quantitative estimate of drug-likeness (QED) is 0.712. The number of carbonyl (C=O) groups excluding carboxylic acids is 1. The Balaban J connectivity index is 1.86. The first-order chi connectivity index (χ1) is 9.51. The molecule has 1 aliphatic rings. The summed E-state index contributed by atoms with van der Waals surface area (Å²) in [5, 5.41) is 18.5. The fourth-order valence-corrected chi connectivity index (χ4v) is 2.21. The lowest BCUT2D eigenvalue weighted by Gasteiger charge is -2.14. The van der Waals surface area contributed by atoms with E-state index in [0.717, 1.165) is 30.5 Å². The Bertz CT molecular complexity index is 508. The van der Waals surface area contributed by atoms with Crippen molar-refractivity contribution in [3.63, 3.8) is 0 Å². The average Bonchev–Trinajstić information content (AvgIpc) is 3.16. The van der Waals surface area contributed by atoms with Crippen LogP contribution in [0.25, 0.3) is 0 Å². The second kappa shape index (κ2) is 5.94. The van der Waals surface area contributed by atoms with Crippen LogP contribution in [-0.2, 0) is 24.8 Å². The number of aliphatic carboxylic acids is 1. The van der Waals surface area contributed by atoms with Gasteiger partial charge in [-0.25, -0.2) is 9.59 Å². The summed E-state index contributed by atoms with van der Waals surface area (Å²) in [6.07, 6.45) is 4.37. The highest BCUT2D eigenvalue weighted by Gasteiger charge is 2.37. The van der Waals surface area contributed by atoms with Crippen LogP contribution in [0.4, 0.5) is 4.79 Å². The van der Waals surface area contributed by atoms with Gasteiger partial charge in [0.15, 0.2) is 0 Å². The zero-order valence-corrected chi connectivity index (χ0v) is 11.7. The molecule has 2 rings (SSSR count). The highest BCUT2D eigenvalue weighted by molar-refractivity contribution is 5.83. The van der Waals surface area contributed by atoms with E-state index in [2.05, 4.69) is 15.7 Å². The number of urea groups is 1. The normalized spacial score (nSPS) is 15.7. The molecule has 1 heterocycles. The maximum Gasteiger partial charge on any atom is 0.326 e. The van der Waals surface area contributed by atoms with Crippen LogP contribution in [0.1, 0.15) is 31.0 Å². The number of rotatable bonds is 6. The van der Waals surface area contributed by atoms with E-state index in [1.807, 2.05) is 20.2 Å². The number of nitrogens with zero attached hydrogens (tertiary/aromatic N) is 2. The predicted molar refractivity (Wildman–Crippen MR) is 72.1 cm³/mol. The third-order valence-electron chi connectivity index (χ3n) is 3.41. The van der Waals surface area contributed by atoms with Gasteiger partial charge in [0.05, 0.1) is 5.69 Å². The van der Waals surface area contributed by atoms with E-state index < -0.39 is 18.0 Å². The smallest absolute Gasteiger partial charge is 0.326 e. The van der Waals surface area contributed by atoms with Crippen LogP contribution in [0.15, 0.2) is 6.20 Å². The van der Waals surface area contributed by atoms with Crippen LogP contribution in [0.2, 0.25) is 0 Å². The molecular weight excluding hydrogens is 260 g/mol. The minimum atomic E-state index is -0.974. The molecule has 1 aliphatic carbocycles. The molecule has 20 heavy (non-hydrogen) atoms. The molecule has 0 bridgehead atoms. The molecule has 3 N–H and O–H groups in total. The molecule has 0 radical (unpaired) electrons. The van der Waals surface area contributed by atoms with Crippen LogP contribution < -0.4 is 10.6 Å². The van der Waals surface area contributed by atoms with Gasteiger partial charge in [-0.1, -0.05) is 6.92 Å². The van der Waals surface area contributed by atoms with E-state index in [1.165, 1.54) is 0 Å². The summed E-state index contributed by atoms with van der Waals surface area (Å²) in [7, 11) is 1.83. The number of aryl methyl sites for hydroxylation is 2. The van der Waals surface area contributed by atoms with Crippen molar-refractivity contribution in [2.24, 2.45) is 13.0 Å². The SMILES string of the molecule is CCc1nn(C)cc1CNC(=O)NC(C(=O)O)C1CC1. The molecule has 1 fully saturated rings. The van der Waals surface area contributed by atoms with E-state index in [1.54, 1.807) is 4.68 Å². The minimum absolute atomic E-state index is 0.0721. The Morgan fingerprint density at radius 2 is 2.25 bits per heavy atom. The zero-order chi connectivity index (χ0) is 14.7. The van der Waals surface area contributed by atoms with Gasteiger partial charge in [-0.05, 0) is 25.2 Å². The molecule has 1 saturated carbocycles. The minimum Gasteiger partial charge on any atom is -0.480 e. The summed E-state index contributed by atoms with van der Waals surface area (Å²) in [6.45, 7) is 2.35. The summed E-state index contributed by atoms with van der Waals surface area (Å²) in [6, 6.07) is -1.23. The predicted octanol–water partition coefficient (Wildman–Crippen LogP) is 0.645. The van der Waals surface area contributed by atoms with Crippen LogP contribution in [0, 0.1) is 5.92 Å². The van der Waals surface area contributed by atoms with E-state index >= 15 is 0 Å².